The summed E-state index contributed by atoms with van der Waals surface area (Å²) in [5.41, 5.74) is 0. The van der Waals surface area contributed by atoms with Crippen LogP contribution in [0.2, 0.25) is 0 Å². The Morgan fingerprint density at radius 1 is 1.50 bits per heavy atom. The Kier molecular flexibility index (Phi) is 3.68. The molecule has 0 amide bonds. The van der Waals surface area contributed by atoms with Crippen LogP contribution in [-0.4, -0.2) is 21.6 Å². The highest BCUT2D eigenvalue weighted by molar-refractivity contribution is 5.17. The van der Waals surface area contributed by atoms with Crippen molar-refractivity contribution in [3.05, 3.63) is 39.7 Å². The molecular formula is C10H12N4O4. The summed E-state index contributed by atoms with van der Waals surface area (Å²) in [6.07, 6.45) is 0.601. The molecule has 0 unspecified atom stereocenters. The maximum Gasteiger partial charge on any atom is 0.433 e. The lowest BCUT2D eigenvalue weighted by molar-refractivity contribution is -0.402. The zero-order chi connectivity index (χ0) is 13.0. The molecule has 0 aromatic carbocycles. The van der Waals surface area contributed by atoms with Crippen molar-refractivity contribution in [3.8, 4) is 0 Å². The lowest BCUT2D eigenvalue weighted by Crippen LogP contribution is -2.16. The largest absolute Gasteiger partial charge is 0.433 e. The van der Waals surface area contributed by atoms with Gasteiger partial charge in [0.15, 0.2) is 5.82 Å². The van der Waals surface area contributed by atoms with E-state index in [0.29, 0.717) is 37.0 Å². The minimum Gasteiger partial charge on any atom is -0.404 e. The maximum atomic E-state index is 10.4. The topological polar surface area (TPSA) is 107 Å². The van der Waals surface area contributed by atoms with Crippen LogP contribution >= 0.6 is 0 Å². The average Bonchev–Trinajstić information content (AvgIpc) is 2.93. The second-order valence-corrected chi connectivity index (χ2v) is 3.66. The molecule has 0 aliphatic heterocycles. The first-order valence-electron chi connectivity index (χ1n) is 5.38. The van der Waals surface area contributed by atoms with Crippen LogP contribution in [-0.2, 0) is 13.0 Å². The van der Waals surface area contributed by atoms with Crippen molar-refractivity contribution in [1.82, 2.24) is 15.5 Å². The first-order valence-corrected chi connectivity index (χ1v) is 5.38. The molecular weight excluding hydrogens is 240 g/mol. The summed E-state index contributed by atoms with van der Waals surface area (Å²) in [6.45, 7) is 2.79. The van der Waals surface area contributed by atoms with Crippen LogP contribution < -0.4 is 5.32 Å². The minimum atomic E-state index is -0.565. The van der Waals surface area contributed by atoms with E-state index in [9.17, 15) is 10.1 Å². The van der Waals surface area contributed by atoms with Crippen LogP contribution in [0.15, 0.2) is 21.1 Å². The van der Waals surface area contributed by atoms with Gasteiger partial charge >= 0.3 is 5.88 Å². The van der Waals surface area contributed by atoms with E-state index in [0.717, 1.165) is 0 Å². The van der Waals surface area contributed by atoms with Crippen molar-refractivity contribution in [1.29, 1.82) is 0 Å². The van der Waals surface area contributed by atoms with Crippen LogP contribution in [0.5, 0.6) is 0 Å². The second kappa shape index (κ2) is 5.41. The van der Waals surface area contributed by atoms with Crippen LogP contribution in [0.1, 0.15) is 17.5 Å². The third kappa shape index (κ3) is 3.14. The lowest BCUT2D eigenvalue weighted by atomic mass is 10.4. The van der Waals surface area contributed by atoms with Gasteiger partial charge in [-0.05, 0) is 13.0 Å². The molecule has 8 heteroatoms. The molecule has 0 atom stereocenters. The van der Waals surface area contributed by atoms with E-state index in [-0.39, 0.29) is 5.88 Å². The summed E-state index contributed by atoms with van der Waals surface area (Å²) >= 11 is 0. The van der Waals surface area contributed by atoms with Gasteiger partial charge in [0.1, 0.15) is 10.7 Å². The van der Waals surface area contributed by atoms with Gasteiger partial charge in [-0.2, -0.15) is 4.98 Å². The molecule has 0 radical (unpaired) electrons. The summed E-state index contributed by atoms with van der Waals surface area (Å²) in [4.78, 5) is 13.9. The highest BCUT2D eigenvalue weighted by atomic mass is 16.6. The van der Waals surface area contributed by atoms with E-state index in [1.165, 1.54) is 6.07 Å². The number of nitrogens with zero attached hydrogens (tertiary/aromatic N) is 3. The smallest absolute Gasteiger partial charge is 0.404 e. The van der Waals surface area contributed by atoms with Gasteiger partial charge in [0, 0.05) is 13.0 Å². The van der Waals surface area contributed by atoms with Crippen LogP contribution in [0, 0.1) is 17.0 Å². The highest BCUT2D eigenvalue weighted by Crippen LogP contribution is 2.15. The molecule has 0 aliphatic rings. The number of hydrogen-bond donors (Lipinski definition) is 1. The first-order chi connectivity index (χ1) is 8.65. The van der Waals surface area contributed by atoms with E-state index >= 15 is 0 Å². The van der Waals surface area contributed by atoms with E-state index in [1.807, 2.05) is 0 Å². The van der Waals surface area contributed by atoms with Crippen molar-refractivity contribution in [2.24, 2.45) is 0 Å². The first kappa shape index (κ1) is 12.2. The van der Waals surface area contributed by atoms with Gasteiger partial charge in [0.2, 0.25) is 5.89 Å². The molecule has 18 heavy (non-hydrogen) atoms. The lowest BCUT2D eigenvalue weighted by Gasteiger charge is -1.98. The summed E-state index contributed by atoms with van der Waals surface area (Å²) in [5, 5.41) is 17.1. The molecule has 2 heterocycles. The Labute approximate surface area is 102 Å². The number of nitro groups is 1. The molecule has 0 saturated heterocycles. The van der Waals surface area contributed by atoms with E-state index in [4.69, 9.17) is 8.94 Å². The van der Waals surface area contributed by atoms with Crippen molar-refractivity contribution in [2.75, 3.05) is 6.54 Å². The Morgan fingerprint density at radius 3 is 2.94 bits per heavy atom. The van der Waals surface area contributed by atoms with Gasteiger partial charge in [0.25, 0.3) is 0 Å². The third-order valence-electron chi connectivity index (χ3n) is 2.21. The van der Waals surface area contributed by atoms with Gasteiger partial charge in [-0.1, -0.05) is 5.16 Å². The number of nitrogens with one attached hydrogen (secondary N) is 1. The third-order valence-corrected chi connectivity index (χ3v) is 2.21. The van der Waals surface area contributed by atoms with Crippen molar-refractivity contribution in [2.45, 2.75) is 19.9 Å². The summed E-state index contributed by atoms with van der Waals surface area (Å²) in [5.74, 6) is 1.43. The Hall–Kier alpha value is -2.22. The average molecular weight is 252 g/mol. The van der Waals surface area contributed by atoms with Gasteiger partial charge in [-0.25, -0.2) is 0 Å². The molecule has 8 nitrogen and oxygen atoms in total. The summed E-state index contributed by atoms with van der Waals surface area (Å²) in [6, 6.07) is 2.90. The van der Waals surface area contributed by atoms with E-state index < -0.39 is 4.92 Å². The Bertz CT molecular complexity index is 533. The Morgan fingerprint density at radius 2 is 2.33 bits per heavy atom. The molecule has 1 N–H and O–H groups in total. The molecule has 2 rings (SSSR count). The van der Waals surface area contributed by atoms with Gasteiger partial charge in [0.05, 0.1) is 12.6 Å². The number of furan rings is 1. The zero-order valence-corrected chi connectivity index (χ0v) is 9.75. The van der Waals surface area contributed by atoms with E-state index in [1.54, 1.807) is 13.0 Å². The molecule has 2 aromatic rings. The summed E-state index contributed by atoms with van der Waals surface area (Å²) < 4.78 is 9.93. The number of rotatable bonds is 6. The Balaban J connectivity index is 1.73. The molecule has 2 aromatic heterocycles. The van der Waals surface area contributed by atoms with Crippen molar-refractivity contribution in [3.63, 3.8) is 0 Å². The second-order valence-electron chi connectivity index (χ2n) is 3.66. The monoisotopic (exact) mass is 252 g/mol. The van der Waals surface area contributed by atoms with Gasteiger partial charge < -0.3 is 14.3 Å². The van der Waals surface area contributed by atoms with Gasteiger partial charge in [-0.15, -0.1) is 0 Å². The van der Waals surface area contributed by atoms with Gasteiger partial charge in [-0.3, -0.25) is 10.1 Å². The molecule has 0 fully saturated rings. The van der Waals surface area contributed by atoms with Crippen molar-refractivity contribution >= 4 is 5.88 Å². The summed E-state index contributed by atoms with van der Waals surface area (Å²) in [7, 11) is 0. The molecule has 0 saturated carbocycles. The number of aryl methyl sites for hydroxylation is 1. The standard InChI is InChI=1S/C10H12N4O4/c1-7-12-9(18-13-7)4-5-11-6-8-2-3-10(17-8)14(15)16/h2-3,11H,4-6H2,1H3. The zero-order valence-electron chi connectivity index (χ0n) is 9.75. The number of hydrogen-bond acceptors (Lipinski definition) is 7. The van der Waals surface area contributed by atoms with Crippen LogP contribution in [0.25, 0.3) is 0 Å². The maximum absolute atomic E-state index is 10.4. The molecule has 0 aliphatic carbocycles. The minimum absolute atomic E-state index is 0.251. The fraction of sp³-hybridized carbons (Fsp3) is 0.400. The number of aromatic nitrogens is 2. The molecule has 96 valence electrons. The molecule has 0 spiro atoms. The predicted molar refractivity (Wildman–Crippen MR) is 59.8 cm³/mol. The highest BCUT2D eigenvalue weighted by Gasteiger charge is 2.11. The molecule has 0 bridgehead atoms. The van der Waals surface area contributed by atoms with Crippen molar-refractivity contribution < 1.29 is 13.9 Å². The fourth-order valence-corrected chi connectivity index (χ4v) is 1.41. The SMILES string of the molecule is Cc1noc(CCNCc2ccc([N+](=O)[O-])o2)n1. The van der Waals surface area contributed by atoms with Crippen LogP contribution in [0.4, 0.5) is 5.88 Å². The van der Waals surface area contributed by atoms with Crippen LogP contribution in [0.3, 0.4) is 0 Å². The predicted octanol–water partition coefficient (Wildman–Crippen LogP) is 1.21. The fourth-order valence-electron chi connectivity index (χ4n) is 1.41. The van der Waals surface area contributed by atoms with E-state index in [2.05, 4.69) is 15.5 Å². The quantitative estimate of drug-likeness (QED) is 0.467. The normalized spacial score (nSPS) is 10.7.